The number of pyridine rings is 1. The molecule has 112 valence electrons. The third-order valence-electron chi connectivity index (χ3n) is 4.16. The van der Waals surface area contributed by atoms with E-state index in [1.54, 1.807) is 12.4 Å². The first-order chi connectivity index (χ1) is 10.4. The molecule has 1 aliphatic carbocycles. The summed E-state index contributed by atoms with van der Waals surface area (Å²) in [5.41, 5.74) is 0.904. The van der Waals surface area contributed by atoms with Crippen molar-refractivity contribution in [2.75, 3.05) is 6.54 Å². The lowest BCUT2D eigenvalue weighted by molar-refractivity contribution is 0.306. The van der Waals surface area contributed by atoms with Gasteiger partial charge in [-0.15, -0.1) is 0 Å². The number of nitrogens with one attached hydrogen (secondary N) is 1. The van der Waals surface area contributed by atoms with E-state index in [0.717, 1.165) is 24.4 Å². The van der Waals surface area contributed by atoms with Gasteiger partial charge in [-0.05, 0) is 31.5 Å². The normalized spacial score (nSPS) is 22.9. The molecule has 0 spiro atoms. The molecule has 0 radical (unpaired) electrons. The highest BCUT2D eigenvalue weighted by Crippen LogP contribution is 2.32. The number of rotatable bonds is 4. The van der Waals surface area contributed by atoms with Crippen molar-refractivity contribution >= 4 is 0 Å². The Hall–Kier alpha value is -1.75. The van der Waals surface area contributed by atoms with E-state index in [-0.39, 0.29) is 0 Å². The second-order valence-electron chi connectivity index (χ2n) is 5.61. The Bertz CT molecular complexity index is 554. The summed E-state index contributed by atoms with van der Waals surface area (Å²) in [4.78, 5) is 8.73. The van der Waals surface area contributed by atoms with Crippen LogP contribution in [0.5, 0.6) is 0 Å². The van der Waals surface area contributed by atoms with Gasteiger partial charge in [-0.3, -0.25) is 4.98 Å². The fourth-order valence-electron chi connectivity index (χ4n) is 3.11. The van der Waals surface area contributed by atoms with Crippen molar-refractivity contribution in [3.05, 3.63) is 30.4 Å². The van der Waals surface area contributed by atoms with E-state index in [1.165, 1.54) is 25.7 Å². The van der Waals surface area contributed by atoms with Crippen molar-refractivity contribution in [3.63, 3.8) is 0 Å². The lowest BCUT2D eigenvalue weighted by Gasteiger charge is -2.22. The third kappa shape index (κ3) is 3.29. The summed E-state index contributed by atoms with van der Waals surface area (Å²) in [6, 6.07) is 4.29. The van der Waals surface area contributed by atoms with E-state index in [2.05, 4.69) is 27.4 Å². The SMILES string of the molecule is CCNC1CCCCCC1c1nc(-c2cccnc2)no1. The number of hydrogen-bond acceptors (Lipinski definition) is 5. The maximum atomic E-state index is 5.56. The molecule has 5 nitrogen and oxygen atoms in total. The summed E-state index contributed by atoms with van der Waals surface area (Å²) in [6.45, 7) is 3.13. The molecular formula is C16H22N4O. The Labute approximate surface area is 125 Å². The predicted molar refractivity (Wildman–Crippen MR) is 80.8 cm³/mol. The van der Waals surface area contributed by atoms with Crippen LogP contribution in [-0.2, 0) is 0 Å². The maximum Gasteiger partial charge on any atom is 0.231 e. The monoisotopic (exact) mass is 286 g/mol. The molecule has 21 heavy (non-hydrogen) atoms. The Morgan fingerprint density at radius 2 is 2.19 bits per heavy atom. The third-order valence-corrected chi connectivity index (χ3v) is 4.16. The number of aromatic nitrogens is 3. The molecule has 2 aromatic rings. The van der Waals surface area contributed by atoms with E-state index in [9.17, 15) is 0 Å². The standard InChI is InChI=1S/C16H22N4O/c1-2-18-14-9-5-3-4-8-13(14)16-19-15(20-21-16)12-7-6-10-17-11-12/h6-7,10-11,13-14,18H,2-5,8-9H2,1H3. The first kappa shape index (κ1) is 14.2. The van der Waals surface area contributed by atoms with Crippen molar-refractivity contribution in [2.45, 2.75) is 51.0 Å². The summed E-state index contributed by atoms with van der Waals surface area (Å²) >= 11 is 0. The summed E-state index contributed by atoms with van der Waals surface area (Å²) < 4.78 is 5.56. The van der Waals surface area contributed by atoms with Crippen LogP contribution in [-0.4, -0.2) is 27.7 Å². The van der Waals surface area contributed by atoms with Crippen molar-refractivity contribution in [1.29, 1.82) is 0 Å². The molecule has 2 heterocycles. The van der Waals surface area contributed by atoms with Gasteiger partial charge in [-0.2, -0.15) is 4.98 Å². The van der Waals surface area contributed by atoms with Gasteiger partial charge in [0.15, 0.2) is 0 Å². The summed E-state index contributed by atoms with van der Waals surface area (Å²) in [7, 11) is 0. The second-order valence-corrected chi connectivity index (χ2v) is 5.61. The van der Waals surface area contributed by atoms with Crippen LogP contribution < -0.4 is 5.32 Å². The molecule has 2 unspecified atom stereocenters. The van der Waals surface area contributed by atoms with Crippen LogP contribution in [0.15, 0.2) is 29.0 Å². The van der Waals surface area contributed by atoms with Gasteiger partial charge in [0.2, 0.25) is 11.7 Å². The van der Waals surface area contributed by atoms with Crippen LogP contribution in [0.1, 0.15) is 50.8 Å². The Morgan fingerprint density at radius 3 is 3.00 bits per heavy atom. The molecule has 0 amide bonds. The Balaban J connectivity index is 1.83. The highest BCUT2D eigenvalue weighted by molar-refractivity contribution is 5.51. The van der Waals surface area contributed by atoms with Crippen LogP contribution in [0.2, 0.25) is 0 Å². The zero-order valence-electron chi connectivity index (χ0n) is 12.5. The van der Waals surface area contributed by atoms with Crippen LogP contribution >= 0.6 is 0 Å². The van der Waals surface area contributed by atoms with Gasteiger partial charge in [0, 0.05) is 24.0 Å². The van der Waals surface area contributed by atoms with E-state index in [4.69, 9.17) is 4.52 Å². The number of nitrogens with zero attached hydrogens (tertiary/aromatic N) is 3. The minimum atomic E-state index is 0.324. The lowest BCUT2D eigenvalue weighted by atomic mass is 9.94. The summed E-state index contributed by atoms with van der Waals surface area (Å²) in [5, 5.41) is 7.71. The molecule has 2 atom stereocenters. The zero-order valence-corrected chi connectivity index (χ0v) is 12.5. The highest BCUT2D eigenvalue weighted by Gasteiger charge is 2.29. The first-order valence-corrected chi connectivity index (χ1v) is 7.86. The van der Waals surface area contributed by atoms with Gasteiger partial charge in [-0.1, -0.05) is 31.3 Å². The zero-order chi connectivity index (χ0) is 14.5. The summed E-state index contributed by atoms with van der Waals surface area (Å²) in [5.74, 6) is 1.73. The number of hydrogen-bond donors (Lipinski definition) is 1. The van der Waals surface area contributed by atoms with Crippen molar-refractivity contribution in [2.24, 2.45) is 0 Å². The minimum Gasteiger partial charge on any atom is -0.339 e. The second kappa shape index (κ2) is 6.80. The van der Waals surface area contributed by atoms with Crippen LogP contribution in [0.25, 0.3) is 11.4 Å². The molecule has 0 aliphatic heterocycles. The topological polar surface area (TPSA) is 63.8 Å². The molecule has 1 aliphatic rings. The molecule has 5 heteroatoms. The molecule has 2 aromatic heterocycles. The van der Waals surface area contributed by atoms with Crippen molar-refractivity contribution in [3.8, 4) is 11.4 Å². The van der Waals surface area contributed by atoms with Gasteiger partial charge >= 0.3 is 0 Å². The first-order valence-electron chi connectivity index (χ1n) is 7.86. The van der Waals surface area contributed by atoms with E-state index >= 15 is 0 Å². The Kier molecular flexibility index (Phi) is 4.60. The molecule has 1 saturated carbocycles. The van der Waals surface area contributed by atoms with Gasteiger partial charge < -0.3 is 9.84 Å². The average molecular weight is 286 g/mol. The largest absolute Gasteiger partial charge is 0.339 e. The molecule has 3 rings (SSSR count). The molecule has 0 aromatic carbocycles. The van der Waals surface area contributed by atoms with Gasteiger partial charge in [0.25, 0.3) is 0 Å². The fourth-order valence-corrected chi connectivity index (χ4v) is 3.11. The van der Waals surface area contributed by atoms with Crippen molar-refractivity contribution < 1.29 is 4.52 Å². The highest BCUT2D eigenvalue weighted by atomic mass is 16.5. The van der Waals surface area contributed by atoms with Crippen LogP contribution in [0.4, 0.5) is 0 Å². The molecule has 0 bridgehead atoms. The lowest BCUT2D eigenvalue weighted by Crippen LogP contribution is -2.34. The predicted octanol–water partition coefficient (Wildman–Crippen LogP) is 3.16. The minimum absolute atomic E-state index is 0.324. The van der Waals surface area contributed by atoms with Crippen molar-refractivity contribution in [1.82, 2.24) is 20.4 Å². The van der Waals surface area contributed by atoms with Gasteiger partial charge in [0.05, 0.1) is 5.92 Å². The van der Waals surface area contributed by atoms with Crippen LogP contribution in [0.3, 0.4) is 0 Å². The van der Waals surface area contributed by atoms with E-state index < -0.39 is 0 Å². The molecule has 1 N–H and O–H groups in total. The van der Waals surface area contributed by atoms with Crippen LogP contribution in [0, 0.1) is 0 Å². The average Bonchev–Trinajstić information content (AvgIpc) is 2.90. The molecule has 0 saturated heterocycles. The summed E-state index contributed by atoms with van der Waals surface area (Å²) in [6.07, 6.45) is 9.62. The number of likely N-dealkylation sites (N-methyl/N-ethyl adjacent to an activating group) is 1. The van der Waals surface area contributed by atoms with Gasteiger partial charge in [0.1, 0.15) is 0 Å². The van der Waals surface area contributed by atoms with E-state index in [0.29, 0.717) is 17.8 Å². The molecular weight excluding hydrogens is 264 g/mol. The maximum absolute atomic E-state index is 5.56. The quantitative estimate of drug-likeness (QED) is 0.875. The smallest absolute Gasteiger partial charge is 0.231 e. The van der Waals surface area contributed by atoms with Gasteiger partial charge in [-0.25, -0.2) is 0 Å². The fraction of sp³-hybridized carbons (Fsp3) is 0.562. The molecule has 1 fully saturated rings. The Morgan fingerprint density at radius 1 is 1.29 bits per heavy atom. The van der Waals surface area contributed by atoms with E-state index in [1.807, 2.05) is 12.1 Å².